The molecule has 0 spiro atoms. The van der Waals surface area contributed by atoms with Gasteiger partial charge < -0.3 is 5.32 Å². The molecule has 0 aliphatic heterocycles. The van der Waals surface area contributed by atoms with Gasteiger partial charge in [0.2, 0.25) is 5.91 Å². The van der Waals surface area contributed by atoms with E-state index in [1.165, 1.54) is 18.2 Å². The van der Waals surface area contributed by atoms with E-state index in [4.69, 9.17) is 0 Å². The van der Waals surface area contributed by atoms with E-state index in [0.717, 1.165) is 23.6 Å². The lowest BCUT2D eigenvalue weighted by Crippen LogP contribution is -2.44. The first-order valence-corrected chi connectivity index (χ1v) is 11.2. The van der Waals surface area contributed by atoms with Crippen molar-refractivity contribution in [2.45, 2.75) is 44.3 Å². The lowest BCUT2D eigenvalue weighted by molar-refractivity contribution is -0.120. The summed E-state index contributed by atoms with van der Waals surface area (Å²) in [6, 6.07) is 12.0. The normalized spacial score (nSPS) is 22.1. The zero-order valence-corrected chi connectivity index (χ0v) is 18.0. The molecule has 1 saturated carbocycles. The molecule has 0 saturated heterocycles. The Morgan fingerprint density at radius 2 is 1.93 bits per heavy atom. The van der Waals surface area contributed by atoms with Gasteiger partial charge in [-0.05, 0) is 41.2 Å². The number of aromatic nitrogens is 2. The Morgan fingerprint density at radius 3 is 2.69 bits per heavy atom. The number of nitrogens with one attached hydrogen (secondary N) is 1. The minimum atomic E-state index is -0.0848. The summed E-state index contributed by atoms with van der Waals surface area (Å²) in [5.41, 5.74) is 0.586. The SMILES string of the molecule is C[C@@H]1[C@@H](C)CCC[C@H]1NC(=O)CSc1nc2cc3ccccc3cc2c(=O)n1C. The van der Waals surface area contributed by atoms with Gasteiger partial charge in [0.1, 0.15) is 0 Å². The van der Waals surface area contributed by atoms with Crippen LogP contribution >= 0.6 is 11.8 Å². The number of hydrogen-bond acceptors (Lipinski definition) is 4. The number of rotatable bonds is 4. The van der Waals surface area contributed by atoms with Crippen LogP contribution in [0.25, 0.3) is 21.7 Å². The first-order valence-electron chi connectivity index (χ1n) is 10.3. The third kappa shape index (κ3) is 4.04. The lowest BCUT2D eigenvalue weighted by Gasteiger charge is -2.34. The first-order chi connectivity index (χ1) is 13.9. The molecule has 1 aliphatic rings. The van der Waals surface area contributed by atoms with Gasteiger partial charge >= 0.3 is 0 Å². The average Bonchev–Trinajstić information content (AvgIpc) is 2.72. The van der Waals surface area contributed by atoms with Crippen LogP contribution in [0.2, 0.25) is 0 Å². The maximum absolute atomic E-state index is 12.8. The van der Waals surface area contributed by atoms with E-state index >= 15 is 0 Å². The molecular formula is C23H27N3O2S. The smallest absolute Gasteiger partial charge is 0.261 e. The fraction of sp³-hybridized carbons (Fsp3) is 0.435. The van der Waals surface area contributed by atoms with Crippen LogP contribution in [-0.4, -0.2) is 27.3 Å². The second kappa shape index (κ2) is 8.19. The van der Waals surface area contributed by atoms with Gasteiger partial charge in [-0.1, -0.05) is 62.7 Å². The van der Waals surface area contributed by atoms with Crippen molar-refractivity contribution in [2.75, 3.05) is 5.75 Å². The zero-order chi connectivity index (χ0) is 20.5. The van der Waals surface area contributed by atoms with Gasteiger partial charge in [0, 0.05) is 13.1 Å². The second-order valence-electron chi connectivity index (χ2n) is 8.21. The van der Waals surface area contributed by atoms with E-state index in [1.807, 2.05) is 36.4 Å². The van der Waals surface area contributed by atoms with E-state index in [2.05, 4.69) is 24.1 Å². The van der Waals surface area contributed by atoms with Crippen LogP contribution in [0.5, 0.6) is 0 Å². The molecule has 1 aromatic heterocycles. The minimum Gasteiger partial charge on any atom is -0.352 e. The number of hydrogen-bond donors (Lipinski definition) is 1. The summed E-state index contributed by atoms with van der Waals surface area (Å²) in [5, 5.41) is 6.43. The van der Waals surface area contributed by atoms with Crippen LogP contribution < -0.4 is 10.9 Å². The van der Waals surface area contributed by atoms with E-state index in [1.54, 1.807) is 11.6 Å². The number of carbonyl (C=O) groups is 1. The Bertz CT molecular complexity index is 1120. The largest absolute Gasteiger partial charge is 0.352 e. The summed E-state index contributed by atoms with van der Waals surface area (Å²) in [4.78, 5) is 30.0. The van der Waals surface area contributed by atoms with Gasteiger partial charge in [-0.3, -0.25) is 14.2 Å². The summed E-state index contributed by atoms with van der Waals surface area (Å²) >= 11 is 1.32. The van der Waals surface area contributed by atoms with Crippen LogP contribution in [0.15, 0.2) is 46.3 Å². The summed E-state index contributed by atoms with van der Waals surface area (Å²) < 4.78 is 1.54. The molecule has 4 rings (SSSR count). The lowest BCUT2D eigenvalue weighted by atomic mass is 9.78. The Labute approximate surface area is 174 Å². The maximum Gasteiger partial charge on any atom is 0.261 e. The van der Waals surface area contributed by atoms with Gasteiger partial charge in [0.15, 0.2) is 5.16 Å². The minimum absolute atomic E-state index is 0.00815. The molecule has 1 aliphatic carbocycles. The highest BCUT2D eigenvalue weighted by molar-refractivity contribution is 7.99. The molecule has 3 atom stereocenters. The Balaban J connectivity index is 1.53. The molecule has 3 aromatic rings. The molecule has 29 heavy (non-hydrogen) atoms. The summed E-state index contributed by atoms with van der Waals surface area (Å²) in [7, 11) is 1.72. The average molecular weight is 410 g/mol. The van der Waals surface area contributed by atoms with Crippen LogP contribution in [-0.2, 0) is 11.8 Å². The van der Waals surface area contributed by atoms with E-state index in [0.29, 0.717) is 27.9 Å². The Hall–Kier alpha value is -2.34. The van der Waals surface area contributed by atoms with Crippen molar-refractivity contribution in [3.8, 4) is 0 Å². The van der Waals surface area contributed by atoms with Crippen LogP contribution in [0, 0.1) is 11.8 Å². The molecule has 6 heteroatoms. The van der Waals surface area contributed by atoms with Crippen molar-refractivity contribution in [2.24, 2.45) is 18.9 Å². The third-order valence-corrected chi connectivity index (χ3v) is 7.32. The predicted octanol–water partition coefficient (Wildman–Crippen LogP) is 4.12. The highest BCUT2D eigenvalue weighted by Crippen LogP contribution is 2.29. The summed E-state index contributed by atoms with van der Waals surface area (Å²) in [6.45, 7) is 4.48. The standard InChI is InChI=1S/C23H27N3O2S/c1-14-7-6-10-19(15(14)2)24-21(27)13-29-23-25-20-12-17-9-5-4-8-16(17)11-18(20)22(28)26(23)3/h4-5,8-9,11-12,14-15,19H,6-7,10,13H2,1-3H3,(H,24,27)/t14-,15+,19+/m0/s1. The Morgan fingerprint density at radius 1 is 1.21 bits per heavy atom. The number of nitrogens with zero attached hydrogens (tertiary/aromatic N) is 2. The highest BCUT2D eigenvalue weighted by Gasteiger charge is 2.28. The summed E-state index contributed by atoms with van der Waals surface area (Å²) in [6.07, 6.45) is 3.44. The van der Waals surface area contributed by atoms with Crippen molar-refractivity contribution in [1.82, 2.24) is 14.9 Å². The number of thioether (sulfide) groups is 1. The third-order valence-electron chi connectivity index (χ3n) is 6.29. The zero-order valence-electron chi connectivity index (χ0n) is 17.1. The molecule has 2 aromatic carbocycles. The van der Waals surface area contributed by atoms with Crippen LogP contribution in [0.1, 0.15) is 33.1 Å². The molecular weight excluding hydrogens is 382 g/mol. The second-order valence-corrected chi connectivity index (χ2v) is 9.15. The fourth-order valence-corrected chi connectivity index (χ4v) is 5.01. The van der Waals surface area contributed by atoms with Crippen molar-refractivity contribution >= 4 is 39.3 Å². The van der Waals surface area contributed by atoms with Gasteiger partial charge in [-0.2, -0.15) is 0 Å². The van der Waals surface area contributed by atoms with E-state index in [-0.39, 0.29) is 23.3 Å². The van der Waals surface area contributed by atoms with Crippen LogP contribution in [0.4, 0.5) is 0 Å². The van der Waals surface area contributed by atoms with E-state index in [9.17, 15) is 9.59 Å². The van der Waals surface area contributed by atoms with Gasteiger partial charge in [0.05, 0.1) is 16.7 Å². The molecule has 152 valence electrons. The molecule has 1 N–H and O–H groups in total. The molecule has 1 fully saturated rings. The molecule has 0 unspecified atom stereocenters. The fourth-order valence-electron chi connectivity index (χ4n) is 4.23. The highest BCUT2D eigenvalue weighted by atomic mass is 32.2. The molecule has 1 heterocycles. The van der Waals surface area contributed by atoms with Crippen molar-refractivity contribution in [1.29, 1.82) is 0 Å². The van der Waals surface area contributed by atoms with Crippen molar-refractivity contribution in [3.63, 3.8) is 0 Å². The molecule has 1 amide bonds. The Kier molecular flexibility index (Phi) is 5.63. The quantitative estimate of drug-likeness (QED) is 0.400. The maximum atomic E-state index is 12.8. The number of carbonyl (C=O) groups excluding carboxylic acids is 1. The monoisotopic (exact) mass is 409 g/mol. The van der Waals surface area contributed by atoms with E-state index < -0.39 is 0 Å². The molecule has 0 bridgehead atoms. The van der Waals surface area contributed by atoms with Crippen molar-refractivity contribution < 1.29 is 4.79 Å². The number of amides is 1. The number of fused-ring (bicyclic) bond motifs is 2. The number of benzene rings is 2. The van der Waals surface area contributed by atoms with Crippen LogP contribution in [0.3, 0.4) is 0 Å². The topological polar surface area (TPSA) is 64.0 Å². The molecule has 5 nitrogen and oxygen atoms in total. The van der Waals surface area contributed by atoms with Gasteiger partial charge in [-0.25, -0.2) is 4.98 Å². The first kappa shape index (κ1) is 20.0. The van der Waals surface area contributed by atoms with Gasteiger partial charge in [0.25, 0.3) is 5.56 Å². The summed E-state index contributed by atoms with van der Waals surface area (Å²) in [5.74, 6) is 1.40. The van der Waals surface area contributed by atoms with Crippen molar-refractivity contribution in [3.05, 3.63) is 46.8 Å². The predicted molar refractivity (Wildman–Crippen MR) is 119 cm³/mol. The molecule has 0 radical (unpaired) electrons. The van der Waals surface area contributed by atoms with Gasteiger partial charge in [-0.15, -0.1) is 0 Å².